The molecule has 1 aliphatic carbocycles. The Hall–Kier alpha value is -6.90. The number of benzene rings is 8. The van der Waals surface area contributed by atoms with Gasteiger partial charge < -0.3 is 9.80 Å². The van der Waals surface area contributed by atoms with Crippen molar-refractivity contribution < 1.29 is 0 Å². The fraction of sp³-hybridized carbons (Fsp3) is 0.0385. The van der Waals surface area contributed by atoms with Crippen molar-refractivity contribution in [2.75, 3.05) is 9.80 Å². The van der Waals surface area contributed by atoms with E-state index in [1.54, 1.807) is 0 Å². The van der Waals surface area contributed by atoms with Gasteiger partial charge in [0.15, 0.2) is 0 Å². The van der Waals surface area contributed by atoms with Gasteiger partial charge in [-0.15, -0.1) is 0 Å². The summed E-state index contributed by atoms with van der Waals surface area (Å²) in [4.78, 5) is 4.92. The number of hydrogen-bond donors (Lipinski definition) is 0. The summed E-state index contributed by atoms with van der Waals surface area (Å²) in [6.45, 7) is 0. The highest BCUT2D eigenvalue weighted by molar-refractivity contribution is 5.89. The van der Waals surface area contributed by atoms with Gasteiger partial charge >= 0.3 is 0 Å². The fourth-order valence-corrected chi connectivity index (χ4v) is 8.48. The summed E-state index contributed by atoms with van der Waals surface area (Å²) in [5.41, 5.74) is 17.1. The lowest BCUT2D eigenvalue weighted by molar-refractivity contribution is 0.724. The van der Waals surface area contributed by atoms with Gasteiger partial charge in [-0.2, -0.15) is 0 Å². The molecule has 0 N–H and O–H groups in total. The van der Waals surface area contributed by atoms with Crippen LogP contribution in [0.15, 0.2) is 212 Å². The first-order valence-corrected chi connectivity index (χ1v) is 18.8. The Morgan fingerprint density at radius 3 is 1.65 bits per heavy atom. The van der Waals surface area contributed by atoms with Crippen LogP contribution in [0.25, 0.3) is 39.5 Å². The van der Waals surface area contributed by atoms with Gasteiger partial charge in [-0.25, -0.2) is 0 Å². The first-order chi connectivity index (χ1) is 26.8. The smallest absolute Gasteiger partial charge is 0.0635 e. The molecule has 0 saturated carbocycles. The maximum atomic E-state index is 2.53. The van der Waals surface area contributed by atoms with E-state index in [0.29, 0.717) is 0 Å². The van der Waals surface area contributed by atoms with E-state index in [9.17, 15) is 0 Å². The second-order valence-electron chi connectivity index (χ2n) is 14.1. The van der Waals surface area contributed by atoms with Crippen LogP contribution in [0.3, 0.4) is 0 Å². The number of fused-ring (bicyclic) bond motifs is 5. The first kappa shape index (κ1) is 31.8. The number of nitrogens with zero attached hydrogens (tertiary/aromatic N) is 2. The van der Waals surface area contributed by atoms with E-state index in [1.165, 1.54) is 61.4 Å². The molecule has 2 nitrogen and oxygen atoms in total. The third kappa shape index (κ3) is 5.60. The molecule has 2 aliphatic rings. The average molecular weight is 691 g/mol. The van der Waals surface area contributed by atoms with Crippen LogP contribution in [0.2, 0.25) is 0 Å². The summed E-state index contributed by atoms with van der Waals surface area (Å²) in [5.74, 6) is 0.282. The normalized spacial score (nSPS) is 15.3. The Labute approximate surface area is 317 Å². The van der Waals surface area contributed by atoms with Crippen LogP contribution in [0.1, 0.15) is 22.6 Å². The Kier molecular flexibility index (Phi) is 8.00. The largest absolute Gasteiger partial charge is 0.333 e. The highest BCUT2D eigenvalue weighted by Gasteiger charge is 2.41. The molecule has 2 unspecified atom stereocenters. The quantitative estimate of drug-likeness (QED) is 0.164. The Morgan fingerprint density at radius 1 is 0.407 bits per heavy atom. The Bertz CT molecular complexity index is 2590. The predicted octanol–water partition coefficient (Wildman–Crippen LogP) is 13.8. The van der Waals surface area contributed by atoms with Gasteiger partial charge in [-0.05, 0) is 93.0 Å². The highest BCUT2D eigenvalue weighted by Crippen LogP contribution is 2.52. The van der Waals surface area contributed by atoms with Crippen molar-refractivity contribution >= 4 is 34.5 Å². The number of rotatable bonds is 7. The standard InChI is InChI=1S/C52H38N2/c1-4-14-37(15-5-1)38-24-30-44(31-25-38)53(49-23-13-12-21-46(49)40-16-6-2-7-17-40)45-32-26-39(27-33-45)42-28-34-48-51(36-42)54(43-19-8-3-9-20-43)50-35-29-41-18-10-11-22-47(41)52(48)50/h1-36,50,52H. The molecule has 0 bridgehead atoms. The van der Waals surface area contributed by atoms with Gasteiger partial charge in [0.25, 0.3) is 0 Å². The van der Waals surface area contributed by atoms with Crippen LogP contribution >= 0.6 is 0 Å². The molecular weight excluding hydrogens is 653 g/mol. The molecular formula is C52H38N2. The van der Waals surface area contributed by atoms with E-state index in [-0.39, 0.29) is 12.0 Å². The summed E-state index contributed by atoms with van der Waals surface area (Å²) in [5, 5.41) is 0. The van der Waals surface area contributed by atoms with E-state index in [4.69, 9.17) is 0 Å². The number of hydrogen-bond acceptors (Lipinski definition) is 2. The lowest BCUT2D eigenvalue weighted by Gasteiger charge is -2.31. The number of para-hydroxylation sites is 2. The van der Waals surface area contributed by atoms with Gasteiger partial charge in [0.2, 0.25) is 0 Å². The van der Waals surface area contributed by atoms with Crippen LogP contribution in [0, 0.1) is 0 Å². The Morgan fingerprint density at radius 2 is 0.944 bits per heavy atom. The van der Waals surface area contributed by atoms with Crippen LogP contribution in [-0.4, -0.2) is 6.04 Å². The molecule has 0 aromatic heterocycles. The molecule has 2 heteroatoms. The topological polar surface area (TPSA) is 6.48 Å². The van der Waals surface area contributed by atoms with Gasteiger partial charge in [0, 0.05) is 34.2 Å². The fourth-order valence-electron chi connectivity index (χ4n) is 8.48. The first-order valence-electron chi connectivity index (χ1n) is 18.8. The average Bonchev–Trinajstić information content (AvgIpc) is 3.60. The Balaban J connectivity index is 1.06. The molecule has 2 atom stereocenters. The summed E-state index contributed by atoms with van der Waals surface area (Å²) in [6, 6.07) is 75.0. The predicted molar refractivity (Wildman–Crippen MR) is 227 cm³/mol. The van der Waals surface area contributed by atoms with E-state index in [2.05, 4.69) is 228 Å². The second kappa shape index (κ2) is 13.6. The maximum absolute atomic E-state index is 2.53. The minimum absolute atomic E-state index is 0.224. The summed E-state index contributed by atoms with van der Waals surface area (Å²) >= 11 is 0. The lowest BCUT2D eigenvalue weighted by atomic mass is 9.81. The van der Waals surface area contributed by atoms with E-state index in [0.717, 1.165) is 17.1 Å². The molecule has 8 aromatic rings. The summed E-state index contributed by atoms with van der Waals surface area (Å²) in [6.07, 6.45) is 4.69. The third-order valence-corrected chi connectivity index (χ3v) is 11.0. The molecule has 1 heterocycles. The van der Waals surface area contributed by atoms with Crippen molar-refractivity contribution in [3.8, 4) is 33.4 Å². The van der Waals surface area contributed by atoms with E-state index in [1.807, 2.05) is 0 Å². The van der Waals surface area contributed by atoms with Gasteiger partial charge in [0.1, 0.15) is 0 Å². The lowest BCUT2D eigenvalue weighted by Crippen LogP contribution is -2.30. The van der Waals surface area contributed by atoms with Gasteiger partial charge in [-0.3, -0.25) is 0 Å². The van der Waals surface area contributed by atoms with Gasteiger partial charge in [0.05, 0.1) is 11.7 Å². The highest BCUT2D eigenvalue weighted by atomic mass is 15.2. The second-order valence-corrected chi connectivity index (χ2v) is 14.1. The van der Waals surface area contributed by atoms with Crippen LogP contribution < -0.4 is 9.80 Å². The van der Waals surface area contributed by atoms with E-state index >= 15 is 0 Å². The minimum Gasteiger partial charge on any atom is -0.333 e. The maximum Gasteiger partial charge on any atom is 0.0635 e. The monoisotopic (exact) mass is 690 g/mol. The molecule has 54 heavy (non-hydrogen) atoms. The van der Waals surface area contributed by atoms with Gasteiger partial charge in [-0.1, -0.05) is 170 Å². The van der Waals surface area contributed by atoms with Crippen molar-refractivity contribution in [1.82, 2.24) is 0 Å². The molecule has 0 saturated heterocycles. The molecule has 8 aromatic carbocycles. The van der Waals surface area contributed by atoms with Crippen LogP contribution in [0.5, 0.6) is 0 Å². The molecule has 10 rings (SSSR count). The minimum atomic E-state index is 0.224. The van der Waals surface area contributed by atoms with Crippen LogP contribution in [-0.2, 0) is 0 Å². The summed E-state index contributed by atoms with van der Waals surface area (Å²) < 4.78 is 0. The molecule has 0 amide bonds. The van der Waals surface area contributed by atoms with Crippen molar-refractivity contribution in [3.05, 3.63) is 229 Å². The molecule has 256 valence electrons. The number of anilines is 5. The molecule has 0 spiro atoms. The van der Waals surface area contributed by atoms with Crippen LogP contribution in [0.4, 0.5) is 28.4 Å². The van der Waals surface area contributed by atoms with Crippen molar-refractivity contribution in [1.29, 1.82) is 0 Å². The zero-order valence-electron chi connectivity index (χ0n) is 29.8. The zero-order chi connectivity index (χ0) is 35.8. The molecule has 1 aliphatic heterocycles. The molecule has 0 radical (unpaired) electrons. The van der Waals surface area contributed by atoms with Crippen molar-refractivity contribution in [2.24, 2.45) is 0 Å². The summed E-state index contributed by atoms with van der Waals surface area (Å²) in [7, 11) is 0. The zero-order valence-corrected chi connectivity index (χ0v) is 29.8. The SMILES string of the molecule is C1=CC2C(c3ccccc31)c1ccc(-c3ccc(N(c4ccc(-c5ccccc5)cc4)c4ccccc4-c4ccccc4)cc3)cc1N2c1ccccc1. The van der Waals surface area contributed by atoms with E-state index < -0.39 is 0 Å². The van der Waals surface area contributed by atoms with Crippen molar-refractivity contribution in [3.63, 3.8) is 0 Å². The third-order valence-electron chi connectivity index (χ3n) is 11.0. The van der Waals surface area contributed by atoms with Crippen molar-refractivity contribution in [2.45, 2.75) is 12.0 Å². The molecule has 0 fully saturated rings.